The highest BCUT2D eigenvalue weighted by atomic mass is 19.1. The number of aryl methyl sites for hydroxylation is 1. The van der Waals surface area contributed by atoms with Crippen molar-refractivity contribution in [1.82, 2.24) is 15.6 Å². The molecular formula is C36H34FN3O5. The minimum Gasteiger partial charge on any atom is -0.493 e. The van der Waals surface area contributed by atoms with Crippen molar-refractivity contribution in [1.29, 1.82) is 0 Å². The van der Waals surface area contributed by atoms with E-state index in [1.807, 2.05) is 49.4 Å². The van der Waals surface area contributed by atoms with Gasteiger partial charge in [0.25, 0.3) is 11.8 Å². The van der Waals surface area contributed by atoms with Crippen LogP contribution in [0.1, 0.15) is 51.2 Å². The van der Waals surface area contributed by atoms with Gasteiger partial charge in [-0.1, -0.05) is 12.1 Å². The Morgan fingerprint density at radius 2 is 1.76 bits per heavy atom. The Labute approximate surface area is 260 Å². The standard InChI is InChI=1S/C36H34FN3O5/c1-22-19-30(44-18-6-17-43-3)28(34(41)40-36(14-15-36)31-7-4-5-16-39-31)21-26(22)24-10-13-29-27(20-24)32(35(42)38-2)33(45-29)23-8-11-25(37)12-9-23/h4-5,7-13,16,19-21H,6,14-15,17-18H2,1-3H3,(H,38,42)(H,40,41). The molecule has 0 atom stereocenters. The molecule has 2 heterocycles. The normalized spacial score (nSPS) is 13.4. The Morgan fingerprint density at radius 1 is 0.978 bits per heavy atom. The van der Waals surface area contributed by atoms with Gasteiger partial charge in [0.1, 0.15) is 22.9 Å². The third-order valence-corrected chi connectivity index (χ3v) is 8.14. The summed E-state index contributed by atoms with van der Waals surface area (Å²) in [6, 6.07) is 20.8. The Kier molecular flexibility index (Phi) is 8.36. The van der Waals surface area contributed by atoms with Gasteiger partial charge in [0.15, 0.2) is 0 Å². The van der Waals surface area contributed by atoms with Gasteiger partial charge in [-0.2, -0.15) is 0 Å². The van der Waals surface area contributed by atoms with Gasteiger partial charge in [0, 0.05) is 44.3 Å². The lowest BCUT2D eigenvalue weighted by atomic mass is 9.94. The summed E-state index contributed by atoms with van der Waals surface area (Å²) in [6.07, 6.45) is 4.01. The quantitative estimate of drug-likeness (QED) is 0.160. The van der Waals surface area contributed by atoms with E-state index in [2.05, 4.69) is 15.6 Å². The summed E-state index contributed by atoms with van der Waals surface area (Å²) in [4.78, 5) is 31.5. The van der Waals surface area contributed by atoms with Crippen LogP contribution in [0.25, 0.3) is 33.4 Å². The Hall–Kier alpha value is -5.02. The second-order valence-corrected chi connectivity index (χ2v) is 11.2. The maximum Gasteiger partial charge on any atom is 0.255 e. The van der Waals surface area contributed by atoms with E-state index in [1.54, 1.807) is 38.6 Å². The second kappa shape index (κ2) is 12.5. The van der Waals surface area contributed by atoms with Crippen LogP contribution >= 0.6 is 0 Å². The van der Waals surface area contributed by atoms with Gasteiger partial charge in [-0.3, -0.25) is 14.6 Å². The maximum absolute atomic E-state index is 13.9. The molecule has 3 aromatic carbocycles. The van der Waals surface area contributed by atoms with Gasteiger partial charge in [-0.05, 0) is 97.1 Å². The SMILES string of the molecule is CNC(=O)c1c(-c2ccc(F)cc2)oc2ccc(-c3cc(C(=O)NC4(c5ccccn5)CC4)c(OCCCOC)cc3C)cc12. The number of nitrogens with one attached hydrogen (secondary N) is 2. The third kappa shape index (κ3) is 6.04. The molecule has 230 valence electrons. The molecule has 2 N–H and O–H groups in total. The number of carbonyl (C=O) groups excluding carboxylic acids is 2. The van der Waals surface area contributed by atoms with Gasteiger partial charge in [-0.25, -0.2) is 4.39 Å². The average Bonchev–Trinajstić information content (AvgIpc) is 3.74. The first-order valence-electron chi connectivity index (χ1n) is 14.9. The number of amides is 2. The van der Waals surface area contributed by atoms with E-state index in [1.165, 1.54) is 12.1 Å². The van der Waals surface area contributed by atoms with Crippen LogP contribution in [-0.4, -0.2) is 44.2 Å². The minimum atomic E-state index is -0.508. The average molecular weight is 608 g/mol. The Bertz CT molecular complexity index is 1860. The van der Waals surface area contributed by atoms with E-state index in [9.17, 15) is 14.0 Å². The summed E-state index contributed by atoms with van der Waals surface area (Å²) >= 11 is 0. The van der Waals surface area contributed by atoms with Crippen LogP contribution in [0.5, 0.6) is 5.75 Å². The number of benzene rings is 3. The molecule has 6 rings (SSSR count). The zero-order valence-corrected chi connectivity index (χ0v) is 25.4. The minimum absolute atomic E-state index is 0.254. The molecular weight excluding hydrogens is 573 g/mol. The molecule has 0 aliphatic heterocycles. The van der Waals surface area contributed by atoms with E-state index in [4.69, 9.17) is 13.9 Å². The first-order chi connectivity index (χ1) is 21.8. The lowest BCUT2D eigenvalue weighted by Crippen LogP contribution is -2.35. The maximum atomic E-state index is 13.9. The van der Waals surface area contributed by atoms with E-state index in [-0.39, 0.29) is 17.6 Å². The summed E-state index contributed by atoms with van der Waals surface area (Å²) in [5.41, 5.74) is 4.66. The molecule has 1 aliphatic rings. The number of aromatic nitrogens is 1. The predicted octanol–water partition coefficient (Wildman–Crippen LogP) is 6.80. The zero-order valence-electron chi connectivity index (χ0n) is 25.4. The number of hydrogen-bond acceptors (Lipinski definition) is 6. The summed E-state index contributed by atoms with van der Waals surface area (Å²) in [5, 5.41) is 6.52. The molecule has 0 saturated heterocycles. The monoisotopic (exact) mass is 607 g/mol. The summed E-state index contributed by atoms with van der Waals surface area (Å²) in [6.45, 7) is 2.89. The van der Waals surface area contributed by atoms with Crippen LogP contribution in [0.2, 0.25) is 0 Å². The van der Waals surface area contributed by atoms with Crippen molar-refractivity contribution in [3.63, 3.8) is 0 Å². The number of halogens is 1. The third-order valence-electron chi connectivity index (χ3n) is 8.14. The van der Waals surface area contributed by atoms with Crippen molar-refractivity contribution in [2.45, 2.75) is 31.7 Å². The van der Waals surface area contributed by atoms with Gasteiger partial charge in [-0.15, -0.1) is 0 Å². The Morgan fingerprint density at radius 3 is 2.44 bits per heavy atom. The molecule has 0 spiro atoms. The van der Waals surface area contributed by atoms with Crippen molar-refractivity contribution in [2.24, 2.45) is 0 Å². The van der Waals surface area contributed by atoms with E-state index < -0.39 is 5.54 Å². The van der Waals surface area contributed by atoms with Crippen molar-refractivity contribution in [2.75, 3.05) is 27.4 Å². The molecule has 0 radical (unpaired) electrons. The van der Waals surface area contributed by atoms with E-state index in [0.29, 0.717) is 58.8 Å². The summed E-state index contributed by atoms with van der Waals surface area (Å²) in [5.74, 6) is -0.132. The molecule has 0 unspecified atom stereocenters. The number of pyridine rings is 1. The number of rotatable bonds is 11. The number of carbonyl (C=O) groups is 2. The van der Waals surface area contributed by atoms with Crippen molar-refractivity contribution in [3.05, 3.63) is 107 Å². The summed E-state index contributed by atoms with van der Waals surface area (Å²) < 4.78 is 31.1. The molecule has 2 aromatic heterocycles. The lowest BCUT2D eigenvalue weighted by molar-refractivity contribution is 0.0923. The number of fused-ring (bicyclic) bond motifs is 1. The van der Waals surface area contributed by atoms with E-state index >= 15 is 0 Å². The molecule has 5 aromatic rings. The number of nitrogens with zero attached hydrogens (tertiary/aromatic N) is 1. The first kappa shape index (κ1) is 30.0. The molecule has 1 saturated carbocycles. The van der Waals surface area contributed by atoms with Gasteiger partial charge in [0.05, 0.1) is 29.0 Å². The molecule has 1 aliphatic carbocycles. The molecule has 8 nitrogen and oxygen atoms in total. The fourth-order valence-electron chi connectivity index (χ4n) is 5.60. The molecule has 1 fully saturated rings. The fourth-order valence-corrected chi connectivity index (χ4v) is 5.60. The van der Waals surface area contributed by atoms with Crippen LogP contribution in [0.4, 0.5) is 4.39 Å². The fraction of sp³-hybridized carbons (Fsp3) is 0.250. The van der Waals surface area contributed by atoms with Gasteiger partial charge >= 0.3 is 0 Å². The highest BCUT2D eigenvalue weighted by molar-refractivity contribution is 6.12. The second-order valence-electron chi connectivity index (χ2n) is 11.2. The smallest absolute Gasteiger partial charge is 0.255 e. The molecule has 45 heavy (non-hydrogen) atoms. The first-order valence-corrected chi connectivity index (χ1v) is 14.9. The highest BCUT2D eigenvalue weighted by Gasteiger charge is 2.47. The number of ether oxygens (including phenoxy) is 2. The van der Waals surface area contributed by atoms with Gasteiger partial charge in [0.2, 0.25) is 0 Å². The molecule has 0 bridgehead atoms. The number of hydrogen-bond donors (Lipinski definition) is 2. The summed E-state index contributed by atoms with van der Waals surface area (Å²) in [7, 11) is 3.19. The lowest BCUT2D eigenvalue weighted by Gasteiger charge is -2.20. The van der Waals surface area contributed by atoms with E-state index in [0.717, 1.165) is 35.2 Å². The van der Waals surface area contributed by atoms with Crippen LogP contribution in [-0.2, 0) is 10.3 Å². The van der Waals surface area contributed by atoms with Gasteiger partial charge < -0.3 is 24.5 Å². The largest absolute Gasteiger partial charge is 0.493 e. The number of methoxy groups -OCH3 is 1. The number of furan rings is 1. The van der Waals surface area contributed by atoms with Crippen LogP contribution in [0.3, 0.4) is 0 Å². The van der Waals surface area contributed by atoms with Crippen molar-refractivity contribution in [3.8, 4) is 28.2 Å². The van der Waals surface area contributed by atoms with Crippen LogP contribution in [0.15, 0.2) is 83.4 Å². The molecule has 2 amide bonds. The van der Waals surface area contributed by atoms with Crippen molar-refractivity contribution >= 4 is 22.8 Å². The van der Waals surface area contributed by atoms with Crippen molar-refractivity contribution < 1.29 is 27.9 Å². The highest BCUT2D eigenvalue weighted by Crippen LogP contribution is 2.45. The predicted molar refractivity (Wildman–Crippen MR) is 170 cm³/mol. The zero-order chi connectivity index (χ0) is 31.6. The van der Waals surface area contributed by atoms with Crippen LogP contribution < -0.4 is 15.4 Å². The van der Waals surface area contributed by atoms with Crippen LogP contribution in [0, 0.1) is 12.7 Å². The Balaban J connectivity index is 1.42. The topological polar surface area (TPSA) is 103 Å². The molecule has 9 heteroatoms.